The molecular weight excluding hydrogens is 302 g/mol. The second-order valence-electron chi connectivity index (χ2n) is 3.63. The van der Waals surface area contributed by atoms with Gasteiger partial charge in [0.1, 0.15) is 21.3 Å². The molecule has 0 radical (unpaired) electrons. The summed E-state index contributed by atoms with van der Waals surface area (Å²) in [5.74, 6) is 0.539. The van der Waals surface area contributed by atoms with Crippen molar-refractivity contribution in [3.8, 4) is 11.5 Å². The maximum Gasteiger partial charge on any atom is 0.213 e. The molecule has 0 saturated heterocycles. The molecule has 19 heavy (non-hydrogen) atoms. The SMILES string of the molecule is O=S(=O)(c1ccccc1OP)c1ccccc1OP. The van der Waals surface area contributed by atoms with Crippen LogP contribution in [-0.4, -0.2) is 8.42 Å². The third-order valence-corrected chi connectivity index (χ3v) is 4.87. The zero-order valence-electron chi connectivity index (χ0n) is 9.81. The highest BCUT2D eigenvalue weighted by Crippen LogP contribution is 2.35. The predicted octanol–water partition coefficient (Wildman–Crippen LogP) is 2.86. The molecule has 2 atom stereocenters. The number of benzene rings is 2. The molecule has 2 rings (SSSR count). The molecule has 0 aliphatic carbocycles. The van der Waals surface area contributed by atoms with Gasteiger partial charge in [0.2, 0.25) is 9.84 Å². The van der Waals surface area contributed by atoms with Gasteiger partial charge in [-0.05, 0) is 24.3 Å². The van der Waals surface area contributed by atoms with E-state index in [-0.39, 0.29) is 21.3 Å². The highest BCUT2D eigenvalue weighted by atomic mass is 32.2. The van der Waals surface area contributed by atoms with Crippen LogP contribution in [0.2, 0.25) is 0 Å². The van der Waals surface area contributed by atoms with Crippen molar-refractivity contribution in [2.45, 2.75) is 9.79 Å². The highest BCUT2D eigenvalue weighted by molar-refractivity contribution is 7.91. The second-order valence-corrected chi connectivity index (χ2v) is 5.99. The van der Waals surface area contributed by atoms with Crippen molar-refractivity contribution in [1.29, 1.82) is 0 Å². The normalized spacial score (nSPS) is 11.1. The fourth-order valence-corrected chi connectivity index (χ4v) is 3.75. The summed E-state index contributed by atoms with van der Waals surface area (Å²) in [7, 11) is 0.392. The van der Waals surface area contributed by atoms with Gasteiger partial charge in [-0.2, -0.15) is 0 Å². The molecule has 0 fully saturated rings. The first-order valence-electron chi connectivity index (χ1n) is 5.28. The molecule has 7 heteroatoms. The predicted molar refractivity (Wildman–Crippen MR) is 79.0 cm³/mol. The Morgan fingerprint density at radius 3 is 1.47 bits per heavy atom. The average Bonchev–Trinajstić information content (AvgIpc) is 2.47. The van der Waals surface area contributed by atoms with Crippen LogP contribution in [0, 0.1) is 0 Å². The van der Waals surface area contributed by atoms with E-state index in [0.717, 1.165) is 0 Å². The quantitative estimate of drug-likeness (QED) is 0.814. The van der Waals surface area contributed by atoms with Gasteiger partial charge in [0, 0.05) is 0 Å². The summed E-state index contributed by atoms with van der Waals surface area (Å²) in [5, 5.41) is 0. The van der Waals surface area contributed by atoms with E-state index in [2.05, 4.69) is 0 Å². The van der Waals surface area contributed by atoms with Crippen LogP contribution in [0.3, 0.4) is 0 Å². The van der Waals surface area contributed by atoms with E-state index >= 15 is 0 Å². The van der Waals surface area contributed by atoms with Gasteiger partial charge in [0.15, 0.2) is 0 Å². The van der Waals surface area contributed by atoms with E-state index in [4.69, 9.17) is 9.05 Å². The zero-order chi connectivity index (χ0) is 13.9. The van der Waals surface area contributed by atoms with Gasteiger partial charge in [-0.1, -0.05) is 24.3 Å². The minimum atomic E-state index is -3.70. The summed E-state index contributed by atoms with van der Waals surface area (Å²) in [6, 6.07) is 12.9. The fourth-order valence-electron chi connectivity index (χ4n) is 1.66. The van der Waals surface area contributed by atoms with Crippen LogP contribution in [0.25, 0.3) is 0 Å². The first-order valence-corrected chi connectivity index (χ1v) is 7.70. The van der Waals surface area contributed by atoms with E-state index in [1.165, 1.54) is 12.1 Å². The lowest BCUT2D eigenvalue weighted by molar-refractivity contribution is 0.572. The summed E-state index contributed by atoms with van der Waals surface area (Å²) in [6.45, 7) is 0. The molecule has 0 spiro atoms. The van der Waals surface area contributed by atoms with Crippen LogP contribution in [0.15, 0.2) is 58.3 Å². The van der Waals surface area contributed by atoms with Crippen LogP contribution in [-0.2, 0) is 9.84 Å². The molecule has 0 aliphatic heterocycles. The Labute approximate surface area is 116 Å². The van der Waals surface area contributed by atoms with Crippen molar-refractivity contribution in [2.75, 3.05) is 0 Å². The van der Waals surface area contributed by atoms with E-state index in [1.54, 1.807) is 36.4 Å². The Hall–Kier alpha value is -1.15. The molecule has 0 N–H and O–H groups in total. The topological polar surface area (TPSA) is 52.6 Å². The molecule has 0 bridgehead atoms. The number of hydrogen-bond acceptors (Lipinski definition) is 4. The standard InChI is InChI=1S/C12H12O4P2S/c13-19(14,11-7-3-1-5-9(11)15-17)12-8-4-2-6-10(12)16-18/h1-8H,17-18H2. The molecule has 0 amide bonds. The summed E-state index contributed by atoms with van der Waals surface area (Å²) < 4.78 is 35.3. The van der Waals surface area contributed by atoms with E-state index in [0.29, 0.717) is 0 Å². The molecule has 0 saturated carbocycles. The molecule has 100 valence electrons. The Balaban J connectivity index is 2.66. The van der Waals surface area contributed by atoms with Gasteiger partial charge < -0.3 is 9.05 Å². The number of hydrogen-bond donors (Lipinski definition) is 0. The molecule has 2 aromatic rings. The Kier molecular flexibility index (Phi) is 4.41. The van der Waals surface area contributed by atoms with E-state index in [9.17, 15) is 8.42 Å². The monoisotopic (exact) mass is 314 g/mol. The van der Waals surface area contributed by atoms with Crippen LogP contribution in [0.4, 0.5) is 0 Å². The lowest BCUT2D eigenvalue weighted by Gasteiger charge is -2.11. The Morgan fingerprint density at radius 1 is 0.737 bits per heavy atom. The molecule has 2 unspecified atom stereocenters. The zero-order valence-corrected chi connectivity index (χ0v) is 12.9. The first-order chi connectivity index (χ1) is 9.11. The van der Waals surface area contributed by atoms with Crippen molar-refractivity contribution < 1.29 is 17.5 Å². The smallest absolute Gasteiger partial charge is 0.213 e. The largest absolute Gasteiger partial charge is 0.479 e. The fraction of sp³-hybridized carbons (Fsp3) is 0. The van der Waals surface area contributed by atoms with Crippen molar-refractivity contribution in [2.24, 2.45) is 0 Å². The minimum absolute atomic E-state index is 0.0968. The maximum atomic E-state index is 12.6. The lowest BCUT2D eigenvalue weighted by atomic mass is 10.3. The van der Waals surface area contributed by atoms with Gasteiger partial charge in [-0.15, -0.1) is 0 Å². The van der Waals surface area contributed by atoms with Crippen LogP contribution in [0.1, 0.15) is 0 Å². The van der Waals surface area contributed by atoms with Gasteiger partial charge in [0.05, 0.1) is 18.9 Å². The third kappa shape index (κ3) is 2.74. The van der Waals surface area contributed by atoms with Crippen molar-refractivity contribution in [3.05, 3.63) is 48.5 Å². The third-order valence-electron chi connectivity index (χ3n) is 2.53. The molecular formula is C12H12O4P2S. The highest BCUT2D eigenvalue weighted by Gasteiger charge is 2.24. The van der Waals surface area contributed by atoms with Crippen LogP contribution < -0.4 is 9.05 Å². The summed E-state index contributed by atoms with van der Waals surface area (Å²) >= 11 is 0. The van der Waals surface area contributed by atoms with Gasteiger partial charge >= 0.3 is 0 Å². The van der Waals surface area contributed by atoms with Gasteiger partial charge in [-0.3, -0.25) is 0 Å². The first kappa shape index (κ1) is 14.3. The maximum absolute atomic E-state index is 12.6. The second kappa shape index (κ2) is 5.87. The van der Waals surface area contributed by atoms with Crippen molar-refractivity contribution in [3.63, 3.8) is 0 Å². The Morgan fingerprint density at radius 2 is 1.11 bits per heavy atom. The Bertz CT molecular complexity index is 632. The minimum Gasteiger partial charge on any atom is -0.479 e. The summed E-state index contributed by atoms with van der Waals surface area (Å²) in [6.07, 6.45) is 0. The van der Waals surface area contributed by atoms with Crippen LogP contribution >= 0.6 is 18.9 Å². The number of rotatable bonds is 4. The summed E-state index contributed by atoms with van der Waals surface area (Å²) in [5.41, 5.74) is 0. The number of para-hydroxylation sites is 2. The lowest BCUT2D eigenvalue weighted by Crippen LogP contribution is -2.04. The van der Waals surface area contributed by atoms with Crippen LogP contribution in [0.5, 0.6) is 11.5 Å². The number of sulfone groups is 1. The molecule has 4 nitrogen and oxygen atoms in total. The molecule has 0 aromatic heterocycles. The van der Waals surface area contributed by atoms with Crippen molar-refractivity contribution in [1.82, 2.24) is 0 Å². The average molecular weight is 314 g/mol. The van der Waals surface area contributed by atoms with Gasteiger partial charge in [-0.25, -0.2) is 8.42 Å². The molecule has 0 aliphatic rings. The van der Waals surface area contributed by atoms with Crippen molar-refractivity contribution >= 4 is 28.8 Å². The van der Waals surface area contributed by atoms with Gasteiger partial charge in [0.25, 0.3) is 0 Å². The molecule has 2 aromatic carbocycles. The summed E-state index contributed by atoms with van der Waals surface area (Å²) in [4.78, 5) is 0.194. The van der Waals surface area contributed by atoms with E-state index in [1.807, 2.05) is 18.9 Å². The molecule has 0 heterocycles. The van der Waals surface area contributed by atoms with E-state index < -0.39 is 9.84 Å².